The predicted molar refractivity (Wildman–Crippen MR) is 76.8 cm³/mol. The fourth-order valence-corrected chi connectivity index (χ4v) is 2.54. The molecule has 0 radical (unpaired) electrons. The van der Waals surface area contributed by atoms with Crippen LogP contribution in [0.3, 0.4) is 0 Å². The van der Waals surface area contributed by atoms with Crippen LogP contribution < -0.4 is 4.90 Å². The second-order valence-corrected chi connectivity index (χ2v) is 5.08. The Labute approximate surface area is 122 Å². The number of ketones is 1. The number of anilines is 1. The summed E-state index contributed by atoms with van der Waals surface area (Å²) in [5.74, 6) is -2.01. The van der Waals surface area contributed by atoms with Gasteiger partial charge in [-0.05, 0) is 31.4 Å². The molecule has 1 heterocycles. The Bertz CT molecular complexity index is 571. The molecule has 20 heavy (non-hydrogen) atoms. The minimum atomic E-state index is -0.726. The predicted octanol–water partition coefficient (Wildman–Crippen LogP) is 3.75. The lowest BCUT2D eigenvalue weighted by atomic mass is 10.1. The Morgan fingerprint density at radius 3 is 2.70 bits per heavy atom. The van der Waals surface area contributed by atoms with Crippen molar-refractivity contribution in [3.05, 3.63) is 41.2 Å². The van der Waals surface area contributed by atoms with E-state index in [9.17, 15) is 14.0 Å². The van der Waals surface area contributed by atoms with Crippen LogP contribution in [0.4, 0.5) is 10.1 Å². The smallest absolute Gasteiger partial charge is 0.299 e. The summed E-state index contributed by atoms with van der Waals surface area (Å²) in [6, 6.07) is 2.48. The molecule has 0 fully saturated rings. The molecular formula is C15H15ClFNO2. The van der Waals surface area contributed by atoms with Gasteiger partial charge in [0.25, 0.3) is 11.7 Å². The monoisotopic (exact) mass is 295 g/mol. The third kappa shape index (κ3) is 2.61. The molecule has 1 aliphatic rings. The van der Waals surface area contributed by atoms with Crippen molar-refractivity contribution in [2.45, 2.75) is 25.7 Å². The molecule has 0 atom stereocenters. The highest BCUT2D eigenvalue weighted by molar-refractivity contribution is 6.55. The second kappa shape index (κ2) is 6.18. The molecule has 106 valence electrons. The van der Waals surface area contributed by atoms with E-state index in [2.05, 4.69) is 6.58 Å². The molecule has 2 rings (SSSR count). The Morgan fingerprint density at radius 2 is 2.00 bits per heavy atom. The second-order valence-electron chi connectivity index (χ2n) is 4.68. The normalized spacial score (nSPS) is 13.8. The molecule has 0 bridgehead atoms. The van der Waals surface area contributed by atoms with Crippen LogP contribution in [-0.2, 0) is 4.79 Å². The molecular weight excluding hydrogens is 281 g/mol. The SMILES string of the molecule is C=CCCCCCN1C(=O)C(=O)c2c(Cl)ccc(F)c21. The van der Waals surface area contributed by atoms with Gasteiger partial charge in [-0.2, -0.15) is 0 Å². The number of benzene rings is 1. The highest BCUT2D eigenvalue weighted by Gasteiger charge is 2.39. The van der Waals surface area contributed by atoms with Gasteiger partial charge in [0.05, 0.1) is 16.3 Å². The van der Waals surface area contributed by atoms with Crippen LogP contribution in [0.1, 0.15) is 36.0 Å². The van der Waals surface area contributed by atoms with Crippen molar-refractivity contribution < 1.29 is 14.0 Å². The number of rotatable bonds is 6. The number of nitrogens with zero attached hydrogens (tertiary/aromatic N) is 1. The number of allylic oxidation sites excluding steroid dienone is 1. The van der Waals surface area contributed by atoms with Crippen molar-refractivity contribution in [2.75, 3.05) is 11.4 Å². The van der Waals surface area contributed by atoms with Crippen molar-refractivity contribution in [3.8, 4) is 0 Å². The van der Waals surface area contributed by atoms with Crippen LogP contribution in [0, 0.1) is 5.82 Å². The molecule has 1 aromatic carbocycles. The zero-order valence-corrected chi connectivity index (χ0v) is 11.8. The summed E-state index contributed by atoms with van der Waals surface area (Å²) in [4.78, 5) is 25.0. The van der Waals surface area contributed by atoms with E-state index in [-0.39, 0.29) is 16.3 Å². The summed E-state index contributed by atoms with van der Waals surface area (Å²) in [5, 5.41) is 0.119. The van der Waals surface area contributed by atoms with E-state index in [1.807, 2.05) is 6.08 Å². The maximum atomic E-state index is 13.9. The van der Waals surface area contributed by atoms with Crippen LogP contribution in [0.2, 0.25) is 5.02 Å². The highest BCUT2D eigenvalue weighted by Crippen LogP contribution is 2.36. The lowest BCUT2D eigenvalue weighted by Crippen LogP contribution is -2.31. The molecule has 1 aromatic rings. The average molecular weight is 296 g/mol. The Hall–Kier alpha value is -1.68. The van der Waals surface area contributed by atoms with Crippen LogP contribution in [0.25, 0.3) is 0 Å². The number of hydrogen-bond acceptors (Lipinski definition) is 2. The van der Waals surface area contributed by atoms with Crippen LogP contribution >= 0.6 is 11.6 Å². The van der Waals surface area contributed by atoms with E-state index >= 15 is 0 Å². The highest BCUT2D eigenvalue weighted by atomic mass is 35.5. The number of fused-ring (bicyclic) bond motifs is 1. The van der Waals surface area contributed by atoms with Crippen molar-refractivity contribution in [1.29, 1.82) is 0 Å². The van der Waals surface area contributed by atoms with Gasteiger partial charge in [-0.1, -0.05) is 24.1 Å². The number of unbranched alkanes of at least 4 members (excludes halogenated alkanes) is 3. The van der Waals surface area contributed by atoms with Gasteiger partial charge in [0, 0.05) is 6.54 Å². The van der Waals surface area contributed by atoms with Crippen molar-refractivity contribution >= 4 is 29.0 Å². The quantitative estimate of drug-likeness (QED) is 0.455. The Morgan fingerprint density at radius 1 is 1.25 bits per heavy atom. The van der Waals surface area contributed by atoms with E-state index in [0.717, 1.165) is 19.3 Å². The van der Waals surface area contributed by atoms with E-state index in [1.54, 1.807) is 0 Å². The summed E-state index contributed by atoms with van der Waals surface area (Å²) < 4.78 is 13.9. The maximum absolute atomic E-state index is 13.9. The molecule has 1 aliphatic heterocycles. The lowest BCUT2D eigenvalue weighted by molar-refractivity contribution is -0.114. The number of carbonyl (C=O) groups excluding carboxylic acids is 2. The average Bonchev–Trinajstić information content (AvgIpc) is 2.68. The largest absolute Gasteiger partial charge is 0.302 e. The van der Waals surface area contributed by atoms with Gasteiger partial charge < -0.3 is 4.90 Å². The molecule has 0 N–H and O–H groups in total. The van der Waals surface area contributed by atoms with Gasteiger partial charge in [0.15, 0.2) is 0 Å². The summed E-state index contributed by atoms with van der Waals surface area (Å²) in [6.45, 7) is 3.96. The van der Waals surface area contributed by atoms with Gasteiger partial charge in [0.2, 0.25) is 0 Å². The van der Waals surface area contributed by atoms with E-state index in [1.165, 1.54) is 17.0 Å². The molecule has 5 heteroatoms. The van der Waals surface area contributed by atoms with Gasteiger partial charge >= 0.3 is 0 Å². The number of Topliss-reactive ketones (excluding diaryl/α,β-unsaturated/α-hetero) is 1. The number of carbonyl (C=O) groups is 2. The molecule has 1 amide bonds. The zero-order valence-electron chi connectivity index (χ0n) is 11.0. The Balaban J connectivity index is 2.16. The first-order valence-electron chi connectivity index (χ1n) is 6.53. The summed E-state index contributed by atoms with van der Waals surface area (Å²) >= 11 is 5.89. The number of amides is 1. The Kier molecular flexibility index (Phi) is 4.55. The minimum absolute atomic E-state index is 0.0113. The lowest BCUT2D eigenvalue weighted by Gasteiger charge is -2.16. The van der Waals surface area contributed by atoms with E-state index in [4.69, 9.17) is 11.6 Å². The molecule has 0 spiro atoms. The van der Waals surface area contributed by atoms with Crippen LogP contribution in [-0.4, -0.2) is 18.2 Å². The fraction of sp³-hybridized carbons (Fsp3) is 0.333. The fourth-order valence-electron chi connectivity index (χ4n) is 2.30. The molecule has 0 aromatic heterocycles. The van der Waals surface area contributed by atoms with Gasteiger partial charge in [-0.15, -0.1) is 6.58 Å². The molecule has 3 nitrogen and oxygen atoms in total. The first kappa shape index (κ1) is 14.7. The van der Waals surface area contributed by atoms with Gasteiger partial charge in [0.1, 0.15) is 5.82 Å². The van der Waals surface area contributed by atoms with Crippen molar-refractivity contribution in [2.24, 2.45) is 0 Å². The van der Waals surface area contributed by atoms with Crippen LogP contribution in [0.5, 0.6) is 0 Å². The third-order valence-electron chi connectivity index (χ3n) is 3.30. The summed E-state index contributed by atoms with van der Waals surface area (Å²) in [5.41, 5.74) is 0.0129. The molecule has 0 aliphatic carbocycles. The zero-order chi connectivity index (χ0) is 14.7. The third-order valence-corrected chi connectivity index (χ3v) is 3.62. The summed E-state index contributed by atoms with van der Waals surface area (Å²) in [7, 11) is 0. The first-order chi connectivity index (χ1) is 9.57. The molecule has 0 saturated carbocycles. The van der Waals surface area contributed by atoms with Gasteiger partial charge in [-0.3, -0.25) is 9.59 Å². The van der Waals surface area contributed by atoms with Crippen molar-refractivity contribution in [1.82, 2.24) is 0 Å². The van der Waals surface area contributed by atoms with Gasteiger partial charge in [-0.25, -0.2) is 4.39 Å². The molecule has 0 unspecified atom stereocenters. The van der Waals surface area contributed by atoms with E-state index < -0.39 is 17.5 Å². The van der Waals surface area contributed by atoms with E-state index in [0.29, 0.717) is 13.0 Å². The molecule has 0 saturated heterocycles. The summed E-state index contributed by atoms with van der Waals surface area (Å²) in [6.07, 6.45) is 5.30. The maximum Gasteiger partial charge on any atom is 0.299 e. The first-order valence-corrected chi connectivity index (χ1v) is 6.90. The minimum Gasteiger partial charge on any atom is -0.302 e. The standard InChI is InChI=1S/C15H15ClFNO2/c1-2-3-4-5-6-9-18-13-11(17)8-7-10(16)12(13)14(19)15(18)20/h2,7-8H,1,3-6,9H2. The number of hydrogen-bond donors (Lipinski definition) is 0. The number of halogens is 2. The van der Waals surface area contributed by atoms with Crippen molar-refractivity contribution in [3.63, 3.8) is 0 Å². The van der Waals surface area contributed by atoms with Crippen LogP contribution in [0.15, 0.2) is 24.8 Å². The topological polar surface area (TPSA) is 37.4 Å².